The summed E-state index contributed by atoms with van der Waals surface area (Å²) in [6.07, 6.45) is 1.41. The highest BCUT2D eigenvalue weighted by Gasteiger charge is 2.13. The lowest BCUT2D eigenvalue weighted by Crippen LogP contribution is -2.35. The van der Waals surface area contributed by atoms with Gasteiger partial charge in [-0.25, -0.2) is 0 Å². The van der Waals surface area contributed by atoms with Gasteiger partial charge in [0.1, 0.15) is 5.75 Å². The third-order valence-electron chi connectivity index (χ3n) is 2.67. The maximum atomic E-state index is 11.7. The topological polar surface area (TPSA) is 66.4 Å². The van der Waals surface area contributed by atoms with Crippen LogP contribution >= 0.6 is 0 Å². The molecule has 0 fully saturated rings. The van der Waals surface area contributed by atoms with Gasteiger partial charge in [-0.1, -0.05) is 9.36 Å². The van der Waals surface area contributed by atoms with E-state index in [0.717, 1.165) is 11.3 Å². The van der Waals surface area contributed by atoms with E-state index in [-0.39, 0.29) is 0 Å². The van der Waals surface area contributed by atoms with Crippen molar-refractivity contribution in [2.24, 2.45) is 0 Å². The van der Waals surface area contributed by atoms with E-state index in [0.29, 0.717) is 16.3 Å². The van der Waals surface area contributed by atoms with Crippen molar-refractivity contribution in [2.45, 2.75) is 0 Å². The predicted molar refractivity (Wildman–Crippen MR) is 63.9 cm³/mol. The van der Waals surface area contributed by atoms with Crippen molar-refractivity contribution in [3.05, 3.63) is 47.8 Å². The number of aromatic nitrogens is 4. The van der Waals surface area contributed by atoms with Crippen LogP contribution in [0.3, 0.4) is 0 Å². The molecule has 0 bridgehead atoms. The summed E-state index contributed by atoms with van der Waals surface area (Å²) in [6, 6.07) is 10.7. The van der Waals surface area contributed by atoms with Gasteiger partial charge in [0.2, 0.25) is 17.7 Å². The van der Waals surface area contributed by atoms with Crippen molar-refractivity contribution >= 4 is 5.65 Å². The zero-order valence-electron chi connectivity index (χ0n) is 9.65. The number of benzene rings is 1. The standard InChI is InChI=1S/C12H10N4O2/c1-18-10-6-4-9(5-7-10)12-14-13-11-3-2-8-15(17)16(11)12/h2-8H,1H3. The van der Waals surface area contributed by atoms with Crippen LogP contribution in [0.25, 0.3) is 17.0 Å². The molecule has 0 aliphatic carbocycles. The van der Waals surface area contributed by atoms with Crippen LogP contribution in [-0.2, 0) is 0 Å². The normalized spacial score (nSPS) is 10.7. The molecular weight excluding hydrogens is 232 g/mol. The van der Waals surface area contributed by atoms with Crippen LogP contribution in [0.15, 0.2) is 42.6 Å². The van der Waals surface area contributed by atoms with Gasteiger partial charge in [-0.3, -0.25) is 0 Å². The Balaban J connectivity index is 2.18. The van der Waals surface area contributed by atoms with Gasteiger partial charge < -0.3 is 9.94 Å². The van der Waals surface area contributed by atoms with E-state index in [1.165, 1.54) is 10.7 Å². The number of fused-ring (bicyclic) bond motifs is 1. The van der Waals surface area contributed by atoms with Gasteiger partial charge in [0, 0.05) is 11.6 Å². The van der Waals surface area contributed by atoms with Gasteiger partial charge in [0.05, 0.1) is 7.11 Å². The van der Waals surface area contributed by atoms with Gasteiger partial charge in [-0.15, -0.1) is 10.2 Å². The molecule has 0 saturated carbocycles. The molecule has 18 heavy (non-hydrogen) atoms. The molecule has 3 aromatic rings. The summed E-state index contributed by atoms with van der Waals surface area (Å²) in [5.74, 6) is 1.26. The molecule has 0 atom stereocenters. The van der Waals surface area contributed by atoms with Gasteiger partial charge in [-0.05, 0) is 30.3 Å². The molecule has 0 N–H and O–H groups in total. The zero-order valence-corrected chi connectivity index (χ0v) is 9.65. The Kier molecular flexibility index (Phi) is 2.33. The van der Waals surface area contributed by atoms with E-state index in [1.807, 2.05) is 24.3 Å². The van der Waals surface area contributed by atoms with Crippen LogP contribution in [0.4, 0.5) is 0 Å². The van der Waals surface area contributed by atoms with Gasteiger partial charge in [0.15, 0.2) is 0 Å². The molecule has 6 nitrogen and oxygen atoms in total. The molecule has 6 heteroatoms. The SMILES string of the molecule is COc1ccc(-c2nnc3ccc[n+]([O-])n23)cc1. The summed E-state index contributed by atoms with van der Waals surface area (Å²) in [5.41, 5.74) is 1.32. The smallest absolute Gasteiger partial charge is 0.225 e. The summed E-state index contributed by atoms with van der Waals surface area (Å²) < 4.78 is 6.49. The Bertz CT molecular complexity index is 691. The van der Waals surface area contributed by atoms with Gasteiger partial charge in [0.25, 0.3) is 0 Å². The van der Waals surface area contributed by atoms with E-state index in [9.17, 15) is 5.21 Å². The maximum Gasteiger partial charge on any atom is 0.225 e. The van der Waals surface area contributed by atoms with Crippen LogP contribution in [-0.4, -0.2) is 21.8 Å². The monoisotopic (exact) mass is 242 g/mol. The summed E-state index contributed by atoms with van der Waals surface area (Å²) in [6.45, 7) is 0. The quantitative estimate of drug-likeness (QED) is 0.497. The molecule has 0 unspecified atom stereocenters. The van der Waals surface area contributed by atoms with Crippen molar-refractivity contribution in [3.8, 4) is 17.1 Å². The molecular formula is C12H10N4O2. The highest BCUT2D eigenvalue weighted by molar-refractivity contribution is 5.58. The van der Waals surface area contributed by atoms with E-state index >= 15 is 0 Å². The molecule has 0 aliphatic heterocycles. The number of methoxy groups -OCH3 is 1. The van der Waals surface area contributed by atoms with Gasteiger partial charge in [-0.2, -0.15) is 0 Å². The van der Waals surface area contributed by atoms with E-state index < -0.39 is 0 Å². The molecule has 0 saturated heterocycles. The fraction of sp³-hybridized carbons (Fsp3) is 0.0833. The summed E-state index contributed by atoms with van der Waals surface area (Å²) in [7, 11) is 1.60. The Morgan fingerprint density at radius 3 is 2.67 bits per heavy atom. The minimum Gasteiger partial charge on any atom is -0.596 e. The Hall–Kier alpha value is -2.63. The Labute approximate surface area is 103 Å². The minimum atomic E-state index is 0.503. The third-order valence-corrected chi connectivity index (χ3v) is 2.67. The second-order valence-electron chi connectivity index (χ2n) is 3.73. The number of hydrogen-bond donors (Lipinski definition) is 0. The number of hydrogen-bond acceptors (Lipinski definition) is 4. The highest BCUT2D eigenvalue weighted by Crippen LogP contribution is 2.20. The molecule has 0 spiro atoms. The fourth-order valence-corrected chi connectivity index (χ4v) is 1.78. The molecule has 2 heterocycles. The first kappa shape index (κ1) is 10.5. The minimum absolute atomic E-state index is 0.503. The van der Waals surface area contributed by atoms with Crippen molar-refractivity contribution in [1.82, 2.24) is 14.7 Å². The second kappa shape index (κ2) is 3.99. The van der Waals surface area contributed by atoms with Crippen molar-refractivity contribution in [2.75, 3.05) is 7.11 Å². The van der Waals surface area contributed by atoms with E-state index in [1.54, 1.807) is 19.2 Å². The number of ether oxygens (including phenoxy) is 1. The van der Waals surface area contributed by atoms with Crippen LogP contribution in [0, 0.1) is 5.21 Å². The molecule has 90 valence electrons. The summed E-state index contributed by atoms with van der Waals surface area (Å²) >= 11 is 0. The zero-order chi connectivity index (χ0) is 12.5. The molecule has 0 aliphatic rings. The Morgan fingerprint density at radius 2 is 1.94 bits per heavy atom. The summed E-state index contributed by atoms with van der Waals surface area (Å²) in [4.78, 5) is 0.703. The van der Waals surface area contributed by atoms with Crippen LogP contribution < -0.4 is 9.58 Å². The molecule has 0 radical (unpaired) electrons. The van der Waals surface area contributed by atoms with E-state index in [2.05, 4.69) is 10.2 Å². The largest absolute Gasteiger partial charge is 0.596 e. The number of nitrogens with zero attached hydrogens (tertiary/aromatic N) is 4. The van der Waals surface area contributed by atoms with Crippen molar-refractivity contribution in [3.63, 3.8) is 0 Å². The molecule has 3 rings (SSSR count). The lowest BCUT2D eigenvalue weighted by atomic mass is 10.2. The van der Waals surface area contributed by atoms with Gasteiger partial charge >= 0.3 is 0 Å². The lowest BCUT2D eigenvalue weighted by Gasteiger charge is -2.02. The second-order valence-corrected chi connectivity index (χ2v) is 3.73. The predicted octanol–water partition coefficient (Wildman–Crippen LogP) is 1.04. The first-order valence-corrected chi connectivity index (χ1v) is 5.37. The Morgan fingerprint density at radius 1 is 1.17 bits per heavy atom. The fourth-order valence-electron chi connectivity index (χ4n) is 1.78. The lowest BCUT2D eigenvalue weighted by molar-refractivity contribution is -0.679. The van der Waals surface area contributed by atoms with Crippen molar-refractivity contribution in [1.29, 1.82) is 0 Å². The molecule has 0 amide bonds. The van der Waals surface area contributed by atoms with Crippen molar-refractivity contribution < 1.29 is 9.58 Å². The first-order chi connectivity index (χ1) is 8.79. The summed E-state index contributed by atoms with van der Waals surface area (Å²) in [5, 5.41) is 19.7. The average Bonchev–Trinajstić information content (AvgIpc) is 2.84. The first-order valence-electron chi connectivity index (χ1n) is 5.37. The van der Waals surface area contributed by atoms with Crippen LogP contribution in [0.1, 0.15) is 0 Å². The average molecular weight is 242 g/mol. The third kappa shape index (κ3) is 1.55. The number of rotatable bonds is 2. The molecule has 1 aromatic carbocycles. The maximum absolute atomic E-state index is 11.7. The van der Waals surface area contributed by atoms with Crippen LogP contribution in [0.5, 0.6) is 5.75 Å². The van der Waals surface area contributed by atoms with E-state index in [4.69, 9.17) is 4.74 Å². The highest BCUT2D eigenvalue weighted by atomic mass is 16.5. The molecule has 2 aromatic heterocycles. The van der Waals surface area contributed by atoms with Crippen LogP contribution in [0.2, 0.25) is 0 Å².